The number of aliphatic hydroxyl groups excluding tert-OH is 1. The standard InChI is InChI=1S/C21H22ClN3O2/c1-21(20(26)27-21)24-10-7-14(8-11-24)18-13-25(16-4-2-15(22)3-5-16)19-12-23-9-6-17(18)19/h2-6,9,12-14,20,26H,7-8,10-11H2,1H3. The maximum absolute atomic E-state index is 9.73. The summed E-state index contributed by atoms with van der Waals surface area (Å²) in [6.45, 7) is 3.82. The lowest BCUT2D eigenvalue weighted by Crippen LogP contribution is -2.43. The van der Waals surface area contributed by atoms with Crippen LogP contribution in [0.2, 0.25) is 5.02 Å². The van der Waals surface area contributed by atoms with E-state index in [1.807, 2.05) is 43.6 Å². The lowest BCUT2D eigenvalue weighted by Gasteiger charge is -2.34. The molecule has 2 saturated heterocycles. The Hall–Kier alpha value is -1.92. The van der Waals surface area contributed by atoms with Gasteiger partial charge in [-0.15, -0.1) is 0 Å². The van der Waals surface area contributed by atoms with E-state index in [4.69, 9.17) is 16.3 Å². The summed E-state index contributed by atoms with van der Waals surface area (Å²) in [6.07, 6.45) is 7.49. The molecule has 2 aliphatic heterocycles. The lowest BCUT2D eigenvalue weighted by molar-refractivity contribution is 0.0679. The van der Waals surface area contributed by atoms with Gasteiger partial charge in [-0.05, 0) is 61.6 Å². The third kappa shape index (κ3) is 2.86. The van der Waals surface area contributed by atoms with Crippen LogP contribution >= 0.6 is 11.6 Å². The normalized spacial score (nSPS) is 26.6. The molecule has 3 aromatic rings. The summed E-state index contributed by atoms with van der Waals surface area (Å²) in [5.41, 5.74) is 3.09. The average Bonchev–Trinajstić information content (AvgIpc) is 3.14. The van der Waals surface area contributed by atoms with Crippen LogP contribution in [0.3, 0.4) is 0 Å². The van der Waals surface area contributed by atoms with Gasteiger partial charge in [0.1, 0.15) is 0 Å². The van der Waals surface area contributed by atoms with Gasteiger partial charge in [0.25, 0.3) is 0 Å². The fourth-order valence-electron chi connectivity index (χ4n) is 4.30. The van der Waals surface area contributed by atoms with E-state index in [-0.39, 0.29) is 0 Å². The van der Waals surface area contributed by atoms with Crippen molar-refractivity contribution < 1.29 is 9.84 Å². The second-order valence-corrected chi connectivity index (χ2v) is 8.05. The molecule has 1 aromatic carbocycles. The van der Waals surface area contributed by atoms with E-state index in [2.05, 4.69) is 26.7 Å². The summed E-state index contributed by atoms with van der Waals surface area (Å²) in [7, 11) is 0. The highest BCUT2D eigenvalue weighted by molar-refractivity contribution is 6.30. The van der Waals surface area contributed by atoms with Crippen molar-refractivity contribution in [2.24, 2.45) is 0 Å². The molecule has 1 N–H and O–H groups in total. The Labute approximate surface area is 163 Å². The Balaban J connectivity index is 1.47. The Morgan fingerprint density at radius 2 is 1.89 bits per heavy atom. The third-order valence-corrected chi connectivity index (χ3v) is 6.31. The van der Waals surface area contributed by atoms with Crippen LogP contribution < -0.4 is 0 Å². The molecule has 2 aliphatic rings. The second-order valence-electron chi connectivity index (χ2n) is 7.61. The van der Waals surface area contributed by atoms with E-state index >= 15 is 0 Å². The quantitative estimate of drug-likeness (QED) is 0.696. The van der Waals surface area contributed by atoms with Gasteiger partial charge < -0.3 is 14.4 Å². The van der Waals surface area contributed by atoms with E-state index in [0.717, 1.165) is 42.2 Å². The van der Waals surface area contributed by atoms with E-state index < -0.39 is 12.0 Å². The van der Waals surface area contributed by atoms with Gasteiger partial charge in [0.05, 0.1) is 11.7 Å². The fraction of sp³-hybridized carbons (Fsp3) is 0.381. The number of benzene rings is 1. The molecular formula is C21H22ClN3O2. The van der Waals surface area contributed by atoms with E-state index in [1.54, 1.807) is 0 Å². The molecule has 2 aromatic heterocycles. The highest BCUT2D eigenvalue weighted by atomic mass is 35.5. The van der Waals surface area contributed by atoms with Crippen molar-refractivity contribution in [3.05, 3.63) is 59.5 Å². The maximum Gasteiger partial charge on any atom is 0.200 e. The molecule has 6 heteroatoms. The molecule has 27 heavy (non-hydrogen) atoms. The maximum atomic E-state index is 9.73. The van der Waals surface area contributed by atoms with Crippen LogP contribution in [0.1, 0.15) is 31.2 Å². The van der Waals surface area contributed by atoms with Crippen molar-refractivity contribution in [3.8, 4) is 5.69 Å². The molecule has 4 heterocycles. The summed E-state index contributed by atoms with van der Waals surface area (Å²) in [5.74, 6) is 0.485. The number of epoxide rings is 1. The summed E-state index contributed by atoms with van der Waals surface area (Å²) in [4.78, 5) is 6.59. The highest BCUT2D eigenvalue weighted by Crippen LogP contribution is 2.42. The summed E-state index contributed by atoms with van der Waals surface area (Å²) in [5, 5.41) is 11.7. The SMILES string of the molecule is CC1(N2CCC(c3cn(-c4ccc(Cl)cc4)c4cnccc34)CC2)OC1O. The minimum Gasteiger partial charge on any atom is -0.364 e. The number of nitrogens with zero attached hydrogens (tertiary/aromatic N) is 3. The predicted molar refractivity (Wildman–Crippen MR) is 105 cm³/mol. The minimum absolute atomic E-state index is 0.480. The molecule has 2 fully saturated rings. The Bertz CT molecular complexity index is 979. The third-order valence-electron chi connectivity index (χ3n) is 6.06. The molecule has 140 valence electrons. The summed E-state index contributed by atoms with van der Waals surface area (Å²) in [6, 6.07) is 10.0. The number of piperidine rings is 1. The molecular weight excluding hydrogens is 362 g/mol. The van der Waals surface area contributed by atoms with Crippen LogP contribution in [0.5, 0.6) is 0 Å². The number of aromatic nitrogens is 2. The van der Waals surface area contributed by atoms with Gasteiger partial charge in [-0.1, -0.05) is 11.6 Å². The number of ether oxygens (including phenoxy) is 1. The predicted octanol–water partition coefficient (Wildman–Crippen LogP) is 3.92. The van der Waals surface area contributed by atoms with Crippen molar-refractivity contribution in [1.82, 2.24) is 14.5 Å². The molecule has 0 bridgehead atoms. The molecule has 0 radical (unpaired) electrons. The van der Waals surface area contributed by atoms with Gasteiger partial charge in [-0.25, -0.2) is 0 Å². The van der Waals surface area contributed by atoms with E-state index in [0.29, 0.717) is 5.92 Å². The second kappa shape index (κ2) is 6.31. The van der Waals surface area contributed by atoms with Crippen molar-refractivity contribution >= 4 is 22.5 Å². The van der Waals surface area contributed by atoms with Gasteiger partial charge in [0.15, 0.2) is 12.0 Å². The number of fused-ring (bicyclic) bond motifs is 1. The summed E-state index contributed by atoms with van der Waals surface area (Å²) < 4.78 is 7.59. The average molecular weight is 384 g/mol. The topological polar surface area (TPSA) is 53.8 Å². The van der Waals surface area contributed by atoms with Crippen LogP contribution in [0.15, 0.2) is 48.9 Å². The zero-order chi connectivity index (χ0) is 18.6. The molecule has 2 atom stereocenters. The number of hydrogen-bond donors (Lipinski definition) is 1. The van der Waals surface area contributed by atoms with Crippen LogP contribution in [-0.2, 0) is 4.74 Å². The van der Waals surface area contributed by atoms with Gasteiger partial charge in [0, 0.05) is 41.6 Å². The van der Waals surface area contributed by atoms with Crippen LogP contribution in [0.4, 0.5) is 0 Å². The first-order valence-electron chi connectivity index (χ1n) is 9.38. The van der Waals surface area contributed by atoms with Crippen LogP contribution in [0, 0.1) is 0 Å². The number of aliphatic hydroxyl groups is 1. The van der Waals surface area contributed by atoms with Gasteiger partial charge in [-0.2, -0.15) is 0 Å². The van der Waals surface area contributed by atoms with E-state index in [1.165, 1.54) is 10.9 Å². The minimum atomic E-state index is -0.646. The number of rotatable bonds is 3. The number of halogens is 1. The zero-order valence-electron chi connectivity index (χ0n) is 15.2. The first-order chi connectivity index (χ1) is 13.1. The smallest absolute Gasteiger partial charge is 0.200 e. The van der Waals surface area contributed by atoms with Gasteiger partial charge in [0.2, 0.25) is 0 Å². The fourth-order valence-corrected chi connectivity index (χ4v) is 4.42. The monoisotopic (exact) mass is 383 g/mol. The van der Waals surface area contributed by atoms with Gasteiger partial charge >= 0.3 is 0 Å². The number of hydrogen-bond acceptors (Lipinski definition) is 4. The highest BCUT2D eigenvalue weighted by Gasteiger charge is 2.56. The first-order valence-corrected chi connectivity index (χ1v) is 9.76. The molecule has 2 unspecified atom stereocenters. The van der Waals surface area contributed by atoms with Crippen molar-refractivity contribution in [1.29, 1.82) is 0 Å². The zero-order valence-corrected chi connectivity index (χ0v) is 15.9. The Morgan fingerprint density at radius 3 is 2.56 bits per heavy atom. The number of likely N-dealkylation sites (tertiary alicyclic amines) is 1. The first kappa shape index (κ1) is 17.2. The molecule has 5 rings (SSSR count). The molecule has 0 amide bonds. The number of pyridine rings is 1. The Kier molecular flexibility index (Phi) is 4.02. The summed E-state index contributed by atoms with van der Waals surface area (Å²) >= 11 is 6.06. The van der Waals surface area contributed by atoms with Crippen molar-refractivity contribution in [2.75, 3.05) is 13.1 Å². The van der Waals surface area contributed by atoms with Crippen molar-refractivity contribution in [2.45, 2.75) is 37.7 Å². The van der Waals surface area contributed by atoms with Crippen molar-refractivity contribution in [3.63, 3.8) is 0 Å². The molecule has 0 aliphatic carbocycles. The van der Waals surface area contributed by atoms with Crippen LogP contribution in [0.25, 0.3) is 16.6 Å². The van der Waals surface area contributed by atoms with Crippen LogP contribution in [-0.4, -0.2) is 44.7 Å². The molecule has 0 spiro atoms. The lowest BCUT2D eigenvalue weighted by atomic mass is 9.89. The molecule has 0 saturated carbocycles. The molecule has 5 nitrogen and oxygen atoms in total. The Morgan fingerprint density at radius 1 is 1.19 bits per heavy atom. The largest absolute Gasteiger partial charge is 0.364 e. The van der Waals surface area contributed by atoms with Gasteiger partial charge in [-0.3, -0.25) is 9.88 Å². The van der Waals surface area contributed by atoms with E-state index in [9.17, 15) is 5.11 Å².